The molecule has 3 nitrogen and oxygen atoms in total. The maximum atomic E-state index is 13.4. The van der Waals surface area contributed by atoms with Gasteiger partial charge in [-0.25, -0.2) is 4.39 Å². The molecule has 1 fully saturated rings. The fraction of sp³-hybridized carbons (Fsp3) is 0.400. The Hall–Kier alpha value is -1.62. The van der Waals surface area contributed by atoms with Crippen LogP contribution in [0, 0.1) is 5.82 Å². The summed E-state index contributed by atoms with van der Waals surface area (Å²) in [5.74, 6) is 0.385. The van der Waals surface area contributed by atoms with Crippen LogP contribution >= 0.6 is 11.6 Å². The average molecular weight is 364 g/mol. The van der Waals surface area contributed by atoms with Gasteiger partial charge >= 0.3 is 0 Å². The smallest absolute Gasteiger partial charge is 0.138 e. The van der Waals surface area contributed by atoms with Crippen molar-refractivity contribution in [2.75, 3.05) is 19.7 Å². The highest BCUT2D eigenvalue weighted by atomic mass is 35.5. The molecule has 1 N–H and O–H groups in total. The third kappa shape index (κ3) is 5.18. The van der Waals surface area contributed by atoms with E-state index in [4.69, 9.17) is 16.3 Å². The van der Waals surface area contributed by atoms with Gasteiger partial charge in [0.2, 0.25) is 0 Å². The summed E-state index contributed by atoms with van der Waals surface area (Å²) in [6, 6.07) is 14.3. The standard InChI is InChI=1S/C20H23ClFNO2/c21-19-8-1-2-9-20(19)25-14-18(24)13-23-10-4-7-17(23)12-15-5-3-6-16(22)11-15/h1-3,5-6,8-9,11,17-18,24H,4,7,10,12-14H2. The molecule has 2 aromatic rings. The average Bonchev–Trinajstić information content (AvgIpc) is 3.01. The molecule has 2 atom stereocenters. The second-order valence-electron chi connectivity index (χ2n) is 6.52. The van der Waals surface area contributed by atoms with Crippen LogP contribution < -0.4 is 4.74 Å². The molecule has 0 radical (unpaired) electrons. The Balaban J connectivity index is 1.51. The number of aliphatic hydroxyl groups is 1. The van der Waals surface area contributed by atoms with Gasteiger partial charge in [-0.3, -0.25) is 4.90 Å². The maximum absolute atomic E-state index is 13.4. The van der Waals surface area contributed by atoms with E-state index in [9.17, 15) is 9.50 Å². The van der Waals surface area contributed by atoms with E-state index in [1.54, 1.807) is 24.3 Å². The number of halogens is 2. The highest BCUT2D eigenvalue weighted by Crippen LogP contribution is 2.24. The summed E-state index contributed by atoms with van der Waals surface area (Å²) in [6.07, 6.45) is 2.37. The largest absolute Gasteiger partial charge is 0.489 e. The Bertz CT molecular complexity index is 697. The quantitative estimate of drug-likeness (QED) is 0.809. The molecular formula is C20H23ClFNO2. The van der Waals surface area contributed by atoms with Crippen LogP contribution in [-0.2, 0) is 6.42 Å². The van der Waals surface area contributed by atoms with Gasteiger partial charge in [0, 0.05) is 12.6 Å². The lowest BCUT2D eigenvalue weighted by molar-refractivity contribution is 0.0640. The maximum Gasteiger partial charge on any atom is 0.138 e. The van der Waals surface area contributed by atoms with Gasteiger partial charge in [0.1, 0.15) is 24.3 Å². The topological polar surface area (TPSA) is 32.7 Å². The summed E-state index contributed by atoms with van der Waals surface area (Å²) in [4.78, 5) is 2.27. The van der Waals surface area contributed by atoms with Gasteiger partial charge < -0.3 is 9.84 Å². The fourth-order valence-electron chi connectivity index (χ4n) is 3.37. The molecule has 0 aromatic heterocycles. The van der Waals surface area contributed by atoms with Crippen LogP contribution in [0.1, 0.15) is 18.4 Å². The second kappa shape index (κ2) is 8.65. The number of benzene rings is 2. The van der Waals surface area contributed by atoms with Gasteiger partial charge in [-0.1, -0.05) is 35.9 Å². The van der Waals surface area contributed by atoms with Gasteiger partial charge in [-0.05, 0) is 55.6 Å². The third-order valence-corrected chi connectivity index (χ3v) is 4.88. The molecule has 0 saturated carbocycles. The Kier molecular flexibility index (Phi) is 6.29. The molecule has 1 heterocycles. The Morgan fingerprint density at radius 1 is 1.24 bits per heavy atom. The van der Waals surface area contributed by atoms with Gasteiger partial charge in [-0.2, -0.15) is 0 Å². The molecule has 1 aliphatic rings. The van der Waals surface area contributed by atoms with Crippen molar-refractivity contribution in [2.24, 2.45) is 0 Å². The number of hydrogen-bond donors (Lipinski definition) is 1. The number of β-amino-alcohol motifs (C(OH)–C–C–N with tert-alkyl or cyclic N) is 1. The monoisotopic (exact) mass is 363 g/mol. The number of rotatable bonds is 7. The molecule has 3 rings (SSSR count). The number of likely N-dealkylation sites (tertiary alicyclic amines) is 1. The Labute approximate surface area is 153 Å². The van der Waals surface area contributed by atoms with Crippen LogP contribution in [0.2, 0.25) is 5.02 Å². The van der Waals surface area contributed by atoms with E-state index < -0.39 is 6.10 Å². The molecule has 0 aliphatic carbocycles. The van der Waals surface area contributed by atoms with Crippen LogP contribution in [0.15, 0.2) is 48.5 Å². The Morgan fingerprint density at radius 2 is 2.08 bits per heavy atom. The van der Waals surface area contributed by atoms with Crippen molar-refractivity contribution in [3.05, 3.63) is 64.9 Å². The van der Waals surface area contributed by atoms with E-state index in [1.165, 1.54) is 6.07 Å². The first kappa shape index (κ1) is 18.2. The van der Waals surface area contributed by atoms with E-state index >= 15 is 0 Å². The number of hydrogen-bond acceptors (Lipinski definition) is 3. The van der Waals surface area contributed by atoms with E-state index in [2.05, 4.69) is 4.90 Å². The van der Waals surface area contributed by atoms with Crippen LogP contribution in [-0.4, -0.2) is 41.8 Å². The highest BCUT2D eigenvalue weighted by Gasteiger charge is 2.26. The molecule has 0 spiro atoms. The first-order chi connectivity index (χ1) is 12.1. The lowest BCUT2D eigenvalue weighted by Gasteiger charge is -2.27. The molecule has 134 valence electrons. The minimum atomic E-state index is -0.593. The number of aliphatic hydroxyl groups excluding tert-OH is 1. The van der Waals surface area contributed by atoms with Crippen LogP contribution in [0.5, 0.6) is 5.75 Å². The van der Waals surface area contributed by atoms with E-state index in [0.29, 0.717) is 23.4 Å². The predicted molar refractivity (Wildman–Crippen MR) is 97.7 cm³/mol. The Morgan fingerprint density at radius 3 is 2.88 bits per heavy atom. The summed E-state index contributed by atoms with van der Waals surface area (Å²) in [7, 11) is 0. The SMILES string of the molecule is OC(COc1ccccc1Cl)CN1CCCC1Cc1cccc(F)c1. The van der Waals surface area contributed by atoms with Crippen molar-refractivity contribution >= 4 is 11.6 Å². The lowest BCUT2D eigenvalue weighted by atomic mass is 10.0. The first-order valence-corrected chi connectivity index (χ1v) is 9.03. The minimum absolute atomic E-state index is 0.199. The van der Waals surface area contributed by atoms with E-state index in [-0.39, 0.29) is 12.4 Å². The van der Waals surface area contributed by atoms with Gasteiger partial charge in [0.05, 0.1) is 5.02 Å². The van der Waals surface area contributed by atoms with Crippen molar-refractivity contribution in [3.8, 4) is 5.75 Å². The van der Waals surface area contributed by atoms with Crippen molar-refractivity contribution in [3.63, 3.8) is 0 Å². The molecule has 1 aliphatic heterocycles. The molecule has 2 aromatic carbocycles. The summed E-state index contributed by atoms with van der Waals surface area (Å²) in [6.45, 7) is 1.69. The summed E-state index contributed by atoms with van der Waals surface area (Å²) < 4.78 is 19.0. The molecule has 2 unspecified atom stereocenters. The molecule has 5 heteroatoms. The zero-order valence-corrected chi connectivity index (χ0v) is 14.8. The fourth-order valence-corrected chi connectivity index (χ4v) is 3.56. The number of ether oxygens (including phenoxy) is 1. The van der Waals surface area contributed by atoms with Crippen molar-refractivity contribution in [2.45, 2.75) is 31.4 Å². The van der Waals surface area contributed by atoms with Crippen molar-refractivity contribution < 1.29 is 14.2 Å². The summed E-state index contributed by atoms with van der Waals surface area (Å²) >= 11 is 6.06. The van der Waals surface area contributed by atoms with Crippen LogP contribution in [0.25, 0.3) is 0 Å². The number of nitrogens with zero attached hydrogens (tertiary/aromatic N) is 1. The van der Waals surface area contributed by atoms with Crippen LogP contribution in [0.3, 0.4) is 0 Å². The highest BCUT2D eigenvalue weighted by molar-refractivity contribution is 6.32. The minimum Gasteiger partial charge on any atom is -0.489 e. The predicted octanol–water partition coefficient (Wildman–Crippen LogP) is 3.93. The molecule has 1 saturated heterocycles. The zero-order valence-electron chi connectivity index (χ0n) is 14.1. The normalized spacial score (nSPS) is 19.1. The first-order valence-electron chi connectivity index (χ1n) is 8.65. The molecule has 0 amide bonds. The molecule has 25 heavy (non-hydrogen) atoms. The molecular weight excluding hydrogens is 341 g/mol. The molecule has 0 bridgehead atoms. The second-order valence-corrected chi connectivity index (χ2v) is 6.93. The van der Waals surface area contributed by atoms with Gasteiger partial charge in [0.25, 0.3) is 0 Å². The number of para-hydroxylation sites is 1. The summed E-state index contributed by atoms with van der Waals surface area (Å²) in [5, 5.41) is 10.9. The van der Waals surface area contributed by atoms with Gasteiger partial charge in [0.15, 0.2) is 0 Å². The zero-order chi connectivity index (χ0) is 17.6. The lowest BCUT2D eigenvalue weighted by Crippen LogP contribution is -2.39. The van der Waals surface area contributed by atoms with Gasteiger partial charge in [-0.15, -0.1) is 0 Å². The van der Waals surface area contributed by atoms with E-state index in [1.807, 2.05) is 18.2 Å². The van der Waals surface area contributed by atoms with Crippen LogP contribution in [0.4, 0.5) is 4.39 Å². The van der Waals surface area contributed by atoms with Crippen molar-refractivity contribution in [1.82, 2.24) is 4.90 Å². The summed E-state index contributed by atoms with van der Waals surface area (Å²) in [5.41, 5.74) is 0.999. The third-order valence-electron chi connectivity index (χ3n) is 4.57. The van der Waals surface area contributed by atoms with Crippen molar-refractivity contribution in [1.29, 1.82) is 0 Å². The van der Waals surface area contributed by atoms with E-state index in [0.717, 1.165) is 31.4 Å².